The third kappa shape index (κ3) is 31.5. The monoisotopic (exact) mass is 1570 g/mol. The first-order valence-electron chi connectivity index (χ1n) is 37.5. The van der Waals surface area contributed by atoms with Gasteiger partial charge in [-0.15, -0.1) is 0 Å². The summed E-state index contributed by atoms with van der Waals surface area (Å²) in [7, 11) is 4.43. The fraction of sp³-hybridized carbons (Fsp3) is 0.544. The van der Waals surface area contributed by atoms with Gasteiger partial charge in [-0.3, -0.25) is 39.1 Å². The predicted molar refractivity (Wildman–Crippen MR) is 409 cm³/mol. The molecule has 3 heterocycles. The molecule has 0 saturated carbocycles. The van der Waals surface area contributed by atoms with E-state index in [9.17, 15) is 38.7 Å². The number of ether oxygens (including phenoxy) is 16. The Morgan fingerprint density at radius 1 is 0.589 bits per heavy atom. The number of esters is 1. The van der Waals surface area contributed by atoms with Crippen molar-refractivity contribution in [3.8, 4) is 11.5 Å². The molecule has 6 aromatic rings. The van der Waals surface area contributed by atoms with Crippen LogP contribution < -0.4 is 35.9 Å². The van der Waals surface area contributed by atoms with Gasteiger partial charge in [0.05, 0.1) is 224 Å². The van der Waals surface area contributed by atoms with Crippen molar-refractivity contribution in [3.05, 3.63) is 148 Å². The summed E-state index contributed by atoms with van der Waals surface area (Å²) in [4.78, 5) is 108. The molecule has 1 fully saturated rings. The normalized spacial score (nSPS) is 13.8. The highest BCUT2D eigenvalue weighted by Gasteiger charge is 2.42. The zero-order valence-corrected chi connectivity index (χ0v) is 64.9. The van der Waals surface area contributed by atoms with Crippen LogP contribution in [0.1, 0.15) is 79.2 Å². The topological polar surface area (TPSA) is 384 Å². The van der Waals surface area contributed by atoms with Crippen molar-refractivity contribution >= 4 is 58.3 Å². The van der Waals surface area contributed by atoms with Gasteiger partial charge in [0.15, 0.2) is 11.2 Å². The number of benzene rings is 4. The van der Waals surface area contributed by atoms with Crippen LogP contribution in [0.4, 0.5) is 11.6 Å². The molecule has 33 nitrogen and oxygen atoms in total. The molecule has 2 aromatic heterocycles. The van der Waals surface area contributed by atoms with Crippen LogP contribution in [0.5, 0.6) is 11.5 Å². The summed E-state index contributed by atoms with van der Waals surface area (Å²) < 4.78 is 89.9. The van der Waals surface area contributed by atoms with Gasteiger partial charge in [-0.25, -0.2) is 14.8 Å². The van der Waals surface area contributed by atoms with Gasteiger partial charge in [0.2, 0.25) is 29.6 Å². The van der Waals surface area contributed by atoms with Crippen LogP contribution in [0, 0.1) is 5.92 Å². The van der Waals surface area contributed by atoms with Gasteiger partial charge in [-0.05, 0) is 78.1 Å². The largest absolute Gasteiger partial charge is 0.497 e. The summed E-state index contributed by atoms with van der Waals surface area (Å²) in [5.41, 5.74) is 1.71. The van der Waals surface area contributed by atoms with E-state index >= 15 is 0 Å². The first kappa shape index (κ1) is 90.2. The van der Waals surface area contributed by atoms with Gasteiger partial charge in [0.1, 0.15) is 23.1 Å². The number of aromatic nitrogens is 4. The first-order valence-corrected chi connectivity index (χ1v) is 37.5. The van der Waals surface area contributed by atoms with E-state index in [0.29, 0.717) is 169 Å². The van der Waals surface area contributed by atoms with Crippen molar-refractivity contribution in [3.63, 3.8) is 0 Å². The van der Waals surface area contributed by atoms with Crippen molar-refractivity contribution in [2.24, 2.45) is 5.92 Å². The third-order valence-electron chi connectivity index (χ3n) is 17.3. The van der Waals surface area contributed by atoms with E-state index in [2.05, 4.69) is 35.9 Å². The molecule has 0 unspecified atom stereocenters. The van der Waals surface area contributed by atoms with E-state index in [4.69, 9.17) is 75.8 Å². The molecule has 0 radical (unpaired) electrons. The van der Waals surface area contributed by atoms with Crippen LogP contribution >= 0.6 is 0 Å². The first-order chi connectivity index (χ1) is 54.5. The van der Waals surface area contributed by atoms with Gasteiger partial charge < -0.3 is 101 Å². The number of β-amino-alcohol motifs (C(OH)–C–C–N with tert-alkyl or cyclic N) is 1. The second-order valence-corrected chi connectivity index (χ2v) is 25.7. The van der Waals surface area contributed by atoms with Gasteiger partial charge in [-0.1, -0.05) is 68.4 Å². The number of carbonyl (C=O) groups excluding carboxylic acids is 6. The molecule has 33 heteroatoms. The highest BCUT2D eigenvalue weighted by Crippen LogP contribution is 2.42. The second kappa shape index (κ2) is 51.6. The Labute approximate surface area is 652 Å². The quantitative estimate of drug-likeness (QED) is 0.0198. The Kier molecular flexibility index (Phi) is 41.5. The summed E-state index contributed by atoms with van der Waals surface area (Å²) in [6.45, 7) is 14.3. The van der Waals surface area contributed by atoms with Crippen LogP contribution in [0.25, 0.3) is 11.2 Å². The Balaban J connectivity index is 0.586. The number of anilines is 2. The zero-order valence-electron chi connectivity index (χ0n) is 64.9. The fourth-order valence-electron chi connectivity index (χ4n) is 11.4. The molecular weight excluding hydrogens is 1460 g/mol. The summed E-state index contributed by atoms with van der Waals surface area (Å²) in [5, 5.41) is 18.7. The number of hydrogen-bond acceptors (Lipinski definition) is 27. The molecule has 1 saturated heterocycles. The molecule has 4 aromatic carbocycles. The molecule has 614 valence electrons. The van der Waals surface area contributed by atoms with Crippen molar-refractivity contribution < 1.29 is 110 Å². The zero-order chi connectivity index (χ0) is 80.0. The summed E-state index contributed by atoms with van der Waals surface area (Å²) in [5.74, 6) is -1.54. The molecular formula is C79H109N9O24. The standard InChI is InChI=1S/C79H109N9O24/c1-57(2)74(93)85-78-84-73-72(76(95)86-78)82-63(53-81-73)54-87(58(3)89)64-18-12-59(13-19-64)75(94)83-69(77(96)99-6)24-25-70(91)80-27-29-101-31-33-103-35-37-105-39-41-107-43-45-109-47-49-111-51-50-110-48-46-108-44-42-106-40-38-104-36-34-102-32-30-100-28-26-71(92)88-55-66(90)52-65(88)56-112-79(60-10-8-7-9-11-60,61-14-20-67(97-4)21-15-61)62-16-22-68(98-5)23-17-62/h7-23,53,57,65-66,69,90H,24-52,54-56H2,1-6H3,(H,80,91)(H,83,94)(H2,81,84,85,86,93,95)/t65-,66+,69-/m0/s1. The number of carbonyl (C=O) groups is 6. The van der Waals surface area contributed by atoms with Gasteiger partial charge >= 0.3 is 5.97 Å². The number of rotatable bonds is 58. The highest BCUT2D eigenvalue weighted by molar-refractivity contribution is 5.98. The number of aliphatic hydroxyl groups excluding tert-OH is 1. The van der Waals surface area contributed by atoms with Gasteiger partial charge in [0.25, 0.3) is 11.5 Å². The van der Waals surface area contributed by atoms with Gasteiger partial charge in [-0.2, -0.15) is 4.98 Å². The predicted octanol–water partition coefficient (Wildman–Crippen LogP) is 4.61. The van der Waals surface area contributed by atoms with Crippen LogP contribution in [-0.4, -0.2) is 283 Å². The maximum atomic E-state index is 13.6. The lowest BCUT2D eigenvalue weighted by Gasteiger charge is -2.38. The van der Waals surface area contributed by atoms with Crippen LogP contribution in [0.3, 0.4) is 0 Å². The van der Waals surface area contributed by atoms with E-state index in [1.54, 1.807) is 33.0 Å². The molecule has 0 spiro atoms. The molecule has 0 bridgehead atoms. The molecule has 0 aliphatic carbocycles. The number of aromatic amines is 1. The minimum absolute atomic E-state index is 0.000990. The fourth-order valence-corrected chi connectivity index (χ4v) is 11.4. The van der Waals surface area contributed by atoms with Crippen molar-refractivity contribution in [2.45, 2.75) is 76.8 Å². The lowest BCUT2D eigenvalue weighted by Crippen LogP contribution is -2.42. The van der Waals surface area contributed by atoms with Crippen molar-refractivity contribution in [1.82, 2.24) is 35.5 Å². The lowest BCUT2D eigenvalue weighted by molar-refractivity contribution is -0.143. The Morgan fingerprint density at radius 3 is 1.51 bits per heavy atom. The minimum Gasteiger partial charge on any atom is -0.497 e. The molecule has 7 rings (SSSR count). The van der Waals surface area contributed by atoms with Crippen molar-refractivity contribution in [2.75, 3.05) is 210 Å². The van der Waals surface area contributed by atoms with E-state index < -0.39 is 35.2 Å². The number of H-pyrrole nitrogens is 1. The Bertz CT molecular complexity index is 3740. The van der Waals surface area contributed by atoms with E-state index in [0.717, 1.165) is 16.7 Å². The van der Waals surface area contributed by atoms with Crippen LogP contribution in [0.2, 0.25) is 0 Å². The van der Waals surface area contributed by atoms with Crippen molar-refractivity contribution in [1.29, 1.82) is 0 Å². The molecule has 5 amide bonds. The smallest absolute Gasteiger partial charge is 0.328 e. The molecule has 1 aliphatic heterocycles. The summed E-state index contributed by atoms with van der Waals surface area (Å²) in [6, 6.07) is 30.0. The highest BCUT2D eigenvalue weighted by atomic mass is 16.6. The Morgan fingerprint density at radius 2 is 1.05 bits per heavy atom. The minimum atomic E-state index is -1.13. The van der Waals surface area contributed by atoms with Gasteiger partial charge in [0, 0.05) is 43.6 Å². The number of hydrogen-bond donors (Lipinski definition) is 5. The average Bonchev–Trinajstić information content (AvgIpc) is 0.878. The number of nitrogens with one attached hydrogen (secondary N) is 4. The second-order valence-electron chi connectivity index (χ2n) is 25.7. The molecule has 1 aliphatic rings. The third-order valence-corrected chi connectivity index (χ3v) is 17.3. The molecule has 112 heavy (non-hydrogen) atoms. The SMILES string of the molecule is COC(=O)[C@H](CCC(=O)NCCOCCOCCOCCOCCOCCOCCOCCOCCOCCOCCOCCOCCC(=O)N1C[C@H](O)C[C@H]1COC(c1ccccc1)(c1ccc(OC)cc1)c1ccc(OC)cc1)NC(=O)c1ccc(N(Cc2cnc3nc(NC(=O)C(C)C)[nH]c(=O)c3n2)C(C)=O)cc1. The van der Waals surface area contributed by atoms with E-state index in [1.807, 2.05) is 78.9 Å². The van der Waals surface area contributed by atoms with E-state index in [1.165, 1.54) is 49.4 Å². The number of likely N-dealkylation sites (tertiary alicyclic amines) is 1. The number of fused-ring (bicyclic) bond motifs is 1. The maximum absolute atomic E-state index is 13.6. The lowest BCUT2D eigenvalue weighted by atomic mass is 9.80. The Hall–Kier alpha value is -9.04. The average molecular weight is 1570 g/mol. The van der Waals surface area contributed by atoms with Crippen LogP contribution in [0.15, 0.2) is 114 Å². The number of amides is 5. The molecule has 3 atom stereocenters. The number of nitrogens with zero attached hydrogens (tertiary/aromatic N) is 5. The maximum Gasteiger partial charge on any atom is 0.328 e. The number of methoxy groups -OCH3 is 3. The van der Waals surface area contributed by atoms with E-state index in [-0.39, 0.29) is 123 Å². The molecule has 5 N–H and O–H groups in total. The summed E-state index contributed by atoms with van der Waals surface area (Å²) >= 11 is 0. The van der Waals surface area contributed by atoms with Crippen LogP contribution in [-0.2, 0) is 102 Å². The summed E-state index contributed by atoms with van der Waals surface area (Å²) in [6.07, 6.45) is 1.07. The number of aliphatic hydroxyl groups is 1.